The Morgan fingerprint density at radius 2 is 2.24 bits per heavy atom. The monoisotopic (exact) mass is 345 g/mol. The van der Waals surface area contributed by atoms with Crippen molar-refractivity contribution in [2.75, 3.05) is 51.8 Å². The molecule has 1 saturated heterocycles. The first-order valence-corrected chi connectivity index (χ1v) is 9.35. The molecule has 0 saturated carbocycles. The predicted octanol–water partition coefficient (Wildman–Crippen LogP) is 2.65. The standard InChI is InChI=1S/C19H31N5O/c1-15(2)17-12-19(24-18(21-17)7-8-20-24)22(3)13-16-6-5-9-23(14-16)10-11-25-4/h7-8,12,15-16H,5-6,9-11,13-14H2,1-4H3. The van der Waals surface area contributed by atoms with E-state index in [1.54, 1.807) is 7.11 Å². The van der Waals surface area contributed by atoms with E-state index in [0.717, 1.165) is 43.4 Å². The van der Waals surface area contributed by atoms with Crippen LogP contribution in [0.15, 0.2) is 18.3 Å². The van der Waals surface area contributed by atoms with Crippen LogP contribution in [0.25, 0.3) is 5.65 Å². The van der Waals surface area contributed by atoms with Crippen molar-refractivity contribution in [2.24, 2.45) is 5.92 Å². The summed E-state index contributed by atoms with van der Waals surface area (Å²) in [5, 5.41) is 4.47. The zero-order chi connectivity index (χ0) is 17.8. The predicted molar refractivity (Wildman–Crippen MR) is 101 cm³/mol. The van der Waals surface area contributed by atoms with E-state index in [4.69, 9.17) is 9.72 Å². The third-order valence-electron chi connectivity index (χ3n) is 5.09. The fourth-order valence-electron chi connectivity index (χ4n) is 3.69. The zero-order valence-corrected chi connectivity index (χ0v) is 16.0. The minimum Gasteiger partial charge on any atom is -0.383 e. The third-order valence-corrected chi connectivity index (χ3v) is 5.09. The number of nitrogens with zero attached hydrogens (tertiary/aromatic N) is 5. The minimum absolute atomic E-state index is 0.409. The van der Waals surface area contributed by atoms with Crippen molar-refractivity contribution in [3.8, 4) is 0 Å². The SMILES string of the molecule is COCCN1CCCC(CN(C)c2cc(C(C)C)nc3ccnn23)C1. The first kappa shape index (κ1) is 18.1. The van der Waals surface area contributed by atoms with Crippen LogP contribution >= 0.6 is 0 Å². The lowest BCUT2D eigenvalue weighted by atomic mass is 9.97. The van der Waals surface area contributed by atoms with Crippen molar-refractivity contribution >= 4 is 11.5 Å². The number of likely N-dealkylation sites (tertiary alicyclic amines) is 1. The average molecular weight is 345 g/mol. The molecule has 0 radical (unpaired) electrons. The van der Waals surface area contributed by atoms with Crippen LogP contribution in [0.2, 0.25) is 0 Å². The second-order valence-electron chi connectivity index (χ2n) is 7.48. The van der Waals surface area contributed by atoms with Crippen LogP contribution < -0.4 is 4.90 Å². The van der Waals surface area contributed by atoms with Gasteiger partial charge < -0.3 is 14.5 Å². The Kier molecular flexibility index (Phi) is 5.91. The number of aromatic nitrogens is 3. The summed E-state index contributed by atoms with van der Waals surface area (Å²) in [5.41, 5.74) is 2.05. The molecule has 3 rings (SSSR count). The lowest BCUT2D eigenvalue weighted by Crippen LogP contribution is -2.41. The quantitative estimate of drug-likeness (QED) is 0.772. The van der Waals surface area contributed by atoms with Gasteiger partial charge in [0.25, 0.3) is 0 Å². The molecule has 0 bridgehead atoms. The highest BCUT2D eigenvalue weighted by Gasteiger charge is 2.22. The summed E-state index contributed by atoms with van der Waals surface area (Å²) in [7, 11) is 3.95. The molecule has 6 nitrogen and oxygen atoms in total. The summed E-state index contributed by atoms with van der Waals surface area (Å²) in [6.45, 7) is 9.62. The molecular weight excluding hydrogens is 314 g/mol. The molecule has 25 heavy (non-hydrogen) atoms. The van der Waals surface area contributed by atoms with Crippen molar-refractivity contribution in [2.45, 2.75) is 32.6 Å². The van der Waals surface area contributed by atoms with Gasteiger partial charge in [0.15, 0.2) is 5.65 Å². The molecule has 0 aromatic carbocycles. The van der Waals surface area contributed by atoms with Gasteiger partial charge in [0.05, 0.1) is 12.8 Å². The Balaban J connectivity index is 1.73. The number of fused-ring (bicyclic) bond motifs is 1. The van der Waals surface area contributed by atoms with Gasteiger partial charge in [-0.05, 0) is 31.2 Å². The minimum atomic E-state index is 0.409. The molecule has 1 unspecified atom stereocenters. The summed E-state index contributed by atoms with van der Waals surface area (Å²) in [5.74, 6) is 2.22. The number of methoxy groups -OCH3 is 1. The van der Waals surface area contributed by atoms with Gasteiger partial charge in [0, 0.05) is 51.6 Å². The van der Waals surface area contributed by atoms with E-state index in [2.05, 4.69) is 41.9 Å². The number of anilines is 1. The van der Waals surface area contributed by atoms with Crippen LogP contribution in [0.4, 0.5) is 5.82 Å². The van der Waals surface area contributed by atoms with Crippen molar-refractivity contribution in [3.05, 3.63) is 24.0 Å². The van der Waals surface area contributed by atoms with E-state index < -0.39 is 0 Å². The van der Waals surface area contributed by atoms with Gasteiger partial charge in [0.2, 0.25) is 0 Å². The van der Waals surface area contributed by atoms with Crippen LogP contribution in [0.3, 0.4) is 0 Å². The molecule has 1 fully saturated rings. The van der Waals surface area contributed by atoms with E-state index in [1.807, 2.05) is 16.8 Å². The van der Waals surface area contributed by atoms with Crippen LogP contribution in [0.5, 0.6) is 0 Å². The molecule has 2 aromatic rings. The van der Waals surface area contributed by atoms with Crippen molar-refractivity contribution < 1.29 is 4.74 Å². The second kappa shape index (κ2) is 8.15. The number of piperidine rings is 1. The van der Waals surface area contributed by atoms with Crippen LogP contribution in [-0.2, 0) is 4.74 Å². The molecule has 1 aliphatic rings. The van der Waals surface area contributed by atoms with Gasteiger partial charge in [-0.2, -0.15) is 9.61 Å². The van der Waals surface area contributed by atoms with Gasteiger partial charge in [-0.3, -0.25) is 0 Å². The molecule has 1 atom stereocenters. The Hall–Kier alpha value is -1.66. The molecule has 0 aliphatic carbocycles. The first-order valence-electron chi connectivity index (χ1n) is 9.35. The molecule has 6 heteroatoms. The van der Waals surface area contributed by atoms with E-state index in [9.17, 15) is 0 Å². The largest absolute Gasteiger partial charge is 0.383 e. The topological polar surface area (TPSA) is 45.9 Å². The van der Waals surface area contributed by atoms with Crippen molar-refractivity contribution in [1.82, 2.24) is 19.5 Å². The van der Waals surface area contributed by atoms with Gasteiger partial charge >= 0.3 is 0 Å². The van der Waals surface area contributed by atoms with Crippen LogP contribution in [0, 0.1) is 5.92 Å². The lowest BCUT2D eigenvalue weighted by molar-refractivity contribution is 0.116. The highest BCUT2D eigenvalue weighted by molar-refractivity contribution is 5.51. The Morgan fingerprint density at radius 3 is 3.00 bits per heavy atom. The maximum Gasteiger partial charge on any atom is 0.157 e. The molecule has 0 N–H and O–H groups in total. The molecule has 138 valence electrons. The summed E-state index contributed by atoms with van der Waals surface area (Å²) < 4.78 is 7.19. The number of hydrogen-bond acceptors (Lipinski definition) is 5. The Morgan fingerprint density at radius 1 is 1.40 bits per heavy atom. The van der Waals surface area contributed by atoms with Crippen molar-refractivity contribution in [3.63, 3.8) is 0 Å². The van der Waals surface area contributed by atoms with E-state index in [-0.39, 0.29) is 0 Å². The summed E-state index contributed by atoms with van der Waals surface area (Å²) >= 11 is 0. The maximum atomic E-state index is 5.23. The molecule has 1 aliphatic heterocycles. The lowest BCUT2D eigenvalue weighted by Gasteiger charge is -2.35. The van der Waals surface area contributed by atoms with Gasteiger partial charge in [-0.25, -0.2) is 4.98 Å². The third kappa shape index (κ3) is 4.30. The number of hydrogen-bond donors (Lipinski definition) is 0. The van der Waals surface area contributed by atoms with E-state index in [1.165, 1.54) is 19.4 Å². The van der Waals surface area contributed by atoms with Gasteiger partial charge in [-0.1, -0.05) is 13.8 Å². The van der Waals surface area contributed by atoms with E-state index >= 15 is 0 Å². The normalized spacial score (nSPS) is 19.0. The molecule has 0 amide bonds. The van der Waals surface area contributed by atoms with Crippen molar-refractivity contribution in [1.29, 1.82) is 0 Å². The highest BCUT2D eigenvalue weighted by atomic mass is 16.5. The molecular formula is C19H31N5O. The van der Waals surface area contributed by atoms with Crippen LogP contribution in [0.1, 0.15) is 38.3 Å². The fraction of sp³-hybridized carbons (Fsp3) is 0.684. The maximum absolute atomic E-state index is 5.23. The number of ether oxygens (including phenoxy) is 1. The molecule has 2 aromatic heterocycles. The Labute approximate surface area is 150 Å². The van der Waals surface area contributed by atoms with Gasteiger partial charge in [-0.15, -0.1) is 0 Å². The van der Waals surface area contributed by atoms with E-state index in [0.29, 0.717) is 11.8 Å². The van der Waals surface area contributed by atoms with Crippen LogP contribution in [-0.4, -0.2) is 66.4 Å². The van der Waals surface area contributed by atoms with Gasteiger partial charge in [0.1, 0.15) is 5.82 Å². The summed E-state index contributed by atoms with van der Waals surface area (Å²) in [4.78, 5) is 9.60. The Bertz CT molecular complexity index is 684. The molecule has 0 spiro atoms. The fourth-order valence-corrected chi connectivity index (χ4v) is 3.69. The highest BCUT2D eigenvalue weighted by Crippen LogP contribution is 2.24. The number of rotatable bonds is 7. The zero-order valence-electron chi connectivity index (χ0n) is 16.0. The first-order chi connectivity index (χ1) is 12.1. The average Bonchev–Trinajstić information content (AvgIpc) is 3.07. The smallest absolute Gasteiger partial charge is 0.157 e. The second-order valence-corrected chi connectivity index (χ2v) is 7.48. The summed E-state index contributed by atoms with van der Waals surface area (Å²) in [6.07, 6.45) is 4.39. The summed E-state index contributed by atoms with van der Waals surface area (Å²) in [6, 6.07) is 4.17. The molecule has 3 heterocycles.